The normalized spacial score (nSPS) is 16.5. The maximum Gasteiger partial charge on any atom is 0.119 e. The molecule has 2 aliphatic rings. The zero-order valence-corrected chi connectivity index (χ0v) is 24.7. The quantitative estimate of drug-likeness (QED) is 0.0960. The Morgan fingerprint density at radius 2 is 0.864 bits per heavy atom. The molecule has 44 heavy (non-hydrogen) atoms. The molecule has 224 valence electrons. The van der Waals surface area contributed by atoms with Crippen molar-refractivity contribution in [3.05, 3.63) is 127 Å². The van der Waals surface area contributed by atoms with Crippen molar-refractivity contribution in [1.82, 2.24) is 0 Å². The van der Waals surface area contributed by atoms with Crippen LogP contribution in [0.2, 0.25) is 0 Å². The van der Waals surface area contributed by atoms with E-state index in [1.54, 1.807) is 0 Å². The molecule has 6 heteroatoms. The largest absolute Gasteiger partial charge is 0.491 e. The van der Waals surface area contributed by atoms with Crippen molar-refractivity contribution in [3.8, 4) is 39.1 Å². The molecule has 0 radical (unpaired) electrons. The van der Waals surface area contributed by atoms with Gasteiger partial charge in [-0.25, -0.2) is 0 Å². The standard InChI is InChI=1S/C26H26O4.C12H12N2/c1-3-20(4-2-19(1)13-14-27-15-25-16-29-25)21-5-7-22(8-6-21)23-9-11-24(12-10-23)28-17-26-18-30-26;13-11-5-1-9(2-6-11)10-3-7-12(14)8-4-10/h1-12,25-26H,13-18H2;1-8H,13-14H2. The predicted molar refractivity (Wildman–Crippen MR) is 178 cm³/mol. The number of rotatable bonds is 11. The third-order valence-electron chi connectivity index (χ3n) is 7.59. The van der Waals surface area contributed by atoms with Crippen LogP contribution in [0.1, 0.15) is 5.56 Å². The van der Waals surface area contributed by atoms with E-state index in [0.717, 1.165) is 61.1 Å². The number of epoxide rings is 2. The fourth-order valence-electron chi connectivity index (χ4n) is 4.74. The molecule has 2 heterocycles. The third kappa shape index (κ3) is 8.71. The molecule has 0 aliphatic carbocycles. The summed E-state index contributed by atoms with van der Waals surface area (Å²) in [7, 11) is 0. The van der Waals surface area contributed by atoms with E-state index in [9.17, 15) is 0 Å². The molecule has 0 saturated carbocycles. The smallest absolute Gasteiger partial charge is 0.119 e. The highest BCUT2D eigenvalue weighted by Gasteiger charge is 2.23. The van der Waals surface area contributed by atoms with E-state index in [1.165, 1.54) is 27.8 Å². The molecule has 0 aromatic heterocycles. The zero-order valence-electron chi connectivity index (χ0n) is 24.7. The second-order valence-corrected chi connectivity index (χ2v) is 11.1. The van der Waals surface area contributed by atoms with Gasteiger partial charge in [0.25, 0.3) is 0 Å². The van der Waals surface area contributed by atoms with E-state index >= 15 is 0 Å². The Kier molecular flexibility index (Phi) is 9.53. The highest BCUT2D eigenvalue weighted by Crippen LogP contribution is 2.27. The minimum Gasteiger partial charge on any atom is -0.491 e. The Morgan fingerprint density at radius 1 is 0.500 bits per heavy atom. The molecule has 2 saturated heterocycles. The topological polar surface area (TPSA) is 95.6 Å². The van der Waals surface area contributed by atoms with Crippen molar-refractivity contribution in [2.75, 3.05) is 44.5 Å². The summed E-state index contributed by atoms with van der Waals surface area (Å²) in [6.07, 6.45) is 1.55. The van der Waals surface area contributed by atoms with Crippen LogP contribution in [0.4, 0.5) is 11.4 Å². The SMILES string of the molecule is Nc1ccc(-c2ccc(N)cc2)cc1.c1cc(-c2ccc(-c3ccc(OCC4CO4)cc3)cc2)ccc1CCOCC1CO1. The Labute approximate surface area is 259 Å². The van der Waals surface area contributed by atoms with Gasteiger partial charge in [0.2, 0.25) is 0 Å². The number of hydrogen-bond acceptors (Lipinski definition) is 6. The van der Waals surface area contributed by atoms with Crippen molar-refractivity contribution < 1.29 is 18.9 Å². The van der Waals surface area contributed by atoms with Gasteiger partial charge in [0.05, 0.1) is 26.4 Å². The lowest BCUT2D eigenvalue weighted by Gasteiger charge is -2.08. The van der Waals surface area contributed by atoms with Crippen LogP contribution in [0.15, 0.2) is 121 Å². The molecular weight excluding hydrogens is 548 g/mol. The summed E-state index contributed by atoms with van der Waals surface area (Å²) in [4.78, 5) is 0. The second-order valence-electron chi connectivity index (χ2n) is 11.1. The van der Waals surface area contributed by atoms with Crippen molar-refractivity contribution in [2.45, 2.75) is 18.6 Å². The van der Waals surface area contributed by atoms with Crippen LogP contribution in [0, 0.1) is 0 Å². The van der Waals surface area contributed by atoms with Gasteiger partial charge in [-0.05, 0) is 81.8 Å². The van der Waals surface area contributed by atoms with Gasteiger partial charge in [-0.15, -0.1) is 0 Å². The summed E-state index contributed by atoms with van der Waals surface area (Å²) < 4.78 is 21.7. The molecule has 0 bridgehead atoms. The van der Waals surface area contributed by atoms with Crippen molar-refractivity contribution in [2.24, 2.45) is 0 Å². The predicted octanol–water partition coefficient (Wildman–Crippen LogP) is 7.27. The van der Waals surface area contributed by atoms with Gasteiger partial charge >= 0.3 is 0 Å². The number of anilines is 2. The molecular formula is C38H38N2O4. The van der Waals surface area contributed by atoms with Crippen LogP contribution >= 0.6 is 0 Å². The second kappa shape index (κ2) is 14.2. The number of nitrogen functional groups attached to an aromatic ring is 2. The first-order valence-corrected chi connectivity index (χ1v) is 15.0. The van der Waals surface area contributed by atoms with Crippen molar-refractivity contribution in [3.63, 3.8) is 0 Å². The highest BCUT2D eigenvalue weighted by molar-refractivity contribution is 5.71. The van der Waals surface area contributed by atoms with Gasteiger partial charge in [-0.1, -0.05) is 84.9 Å². The minimum absolute atomic E-state index is 0.280. The summed E-state index contributed by atoms with van der Waals surface area (Å²) in [6, 6.07) is 41.3. The number of ether oxygens (including phenoxy) is 4. The Bertz CT molecular complexity index is 1550. The maximum absolute atomic E-state index is 5.71. The molecule has 0 amide bonds. The molecule has 2 aliphatic heterocycles. The monoisotopic (exact) mass is 586 g/mol. The summed E-state index contributed by atoms with van der Waals surface area (Å²) >= 11 is 0. The van der Waals surface area contributed by atoms with Crippen molar-refractivity contribution in [1.29, 1.82) is 0 Å². The lowest BCUT2D eigenvalue weighted by atomic mass is 9.99. The van der Waals surface area contributed by atoms with E-state index in [4.69, 9.17) is 30.4 Å². The molecule has 4 N–H and O–H groups in total. The van der Waals surface area contributed by atoms with Crippen molar-refractivity contribution >= 4 is 11.4 Å². The third-order valence-corrected chi connectivity index (χ3v) is 7.59. The van der Waals surface area contributed by atoms with Crippen LogP contribution in [-0.2, 0) is 20.6 Å². The van der Waals surface area contributed by atoms with E-state index in [1.807, 2.05) is 60.7 Å². The molecule has 5 aromatic carbocycles. The molecule has 0 spiro atoms. The Morgan fingerprint density at radius 3 is 1.30 bits per heavy atom. The van der Waals surface area contributed by atoms with Crippen LogP contribution in [0.25, 0.3) is 33.4 Å². The number of nitrogens with two attached hydrogens (primary N) is 2. The van der Waals surface area contributed by atoms with Gasteiger partial charge in [0.1, 0.15) is 24.6 Å². The maximum atomic E-state index is 5.71. The summed E-state index contributed by atoms with van der Waals surface area (Å²) in [5.74, 6) is 0.886. The van der Waals surface area contributed by atoms with E-state index in [0.29, 0.717) is 12.7 Å². The van der Waals surface area contributed by atoms with E-state index < -0.39 is 0 Å². The average molecular weight is 587 g/mol. The summed E-state index contributed by atoms with van der Waals surface area (Å²) in [5, 5.41) is 0. The molecule has 5 aromatic rings. The molecule has 6 nitrogen and oxygen atoms in total. The highest BCUT2D eigenvalue weighted by atomic mass is 16.6. The fraction of sp³-hybridized carbons (Fsp3) is 0.211. The first kappa shape index (κ1) is 29.5. The zero-order chi connectivity index (χ0) is 30.1. The lowest BCUT2D eigenvalue weighted by molar-refractivity contribution is 0.119. The average Bonchev–Trinajstić information content (AvgIpc) is 4.01. The van der Waals surface area contributed by atoms with Gasteiger partial charge in [0, 0.05) is 11.4 Å². The summed E-state index contributed by atoms with van der Waals surface area (Å²) in [5.41, 5.74) is 21.2. The molecule has 2 fully saturated rings. The molecule has 2 atom stereocenters. The van der Waals surface area contributed by atoms with E-state index in [-0.39, 0.29) is 6.10 Å². The fourth-order valence-corrected chi connectivity index (χ4v) is 4.74. The van der Waals surface area contributed by atoms with E-state index in [2.05, 4.69) is 60.7 Å². The van der Waals surface area contributed by atoms with Gasteiger partial charge in [-0.2, -0.15) is 0 Å². The van der Waals surface area contributed by atoms with Gasteiger partial charge in [-0.3, -0.25) is 0 Å². The van der Waals surface area contributed by atoms with Crippen LogP contribution in [-0.4, -0.2) is 45.2 Å². The minimum atomic E-state index is 0.280. The lowest BCUT2D eigenvalue weighted by Crippen LogP contribution is -2.04. The first-order valence-electron chi connectivity index (χ1n) is 15.0. The number of benzene rings is 5. The number of hydrogen-bond donors (Lipinski definition) is 2. The summed E-state index contributed by atoms with van der Waals surface area (Å²) in [6.45, 7) is 3.76. The van der Waals surface area contributed by atoms with Crippen LogP contribution < -0.4 is 16.2 Å². The van der Waals surface area contributed by atoms with Crippen LogP contribution in [0.5, 0.6) is 5.75 Å². The molecule has 2 unspecified atom stereocenters. The van der Waals surface area contributed by atoms with Gasteiger partial charge < -0.3 is 30.4 Å². The molecule has 7 rings (SSSR count). The first-order chi connectivity index (χ1) is 21.6. The van der Waals surface area contributed by atoms with Crippen LogP contribution in [0.3, 0.4) is 0 Å². The van der Waals surface area contributed by atoms with Gasteiger partial charge in [0.15, 0.2) is 0 Å². The Hall–Kier alpha value is -4.62. The Balaban J connectivity index is 0.000000205.